The Morgan fingerprint density at radius 3 is 2.22 bits per heavy atom. The van der Waals surface area contributed by atoms with E-state index in [4.69, 9.17) is 9.47 Å². The Labute approximate surface area is 270 Å². The van der Waals surface area contributed by atoms with Crippen molar-refractivity contribution in [1.82, 2.24) is 0 Å². The maximum atomic E-state index is 12.1. The first-order valence-electron chi connectivity index (χ1n) is 17.4. The van der Waals surface area contributed by atoms with Gasteiger partial charge in [-0.1, -0.05) is 46.3 Å². The first kappa shape index (κ1) is 35.7. The van der Waals surface area contributed by atoms with Crippen LogP contribution in [0, 0.1) is 45.3 Å². The van der Waals surface area contributed by atoms with E-state index in [1.807, 2.05) is 6.92 Å². The summed E-state index contributed by atoms with van der Waals surface area (Å²) in [6.07, 6.45) is -0.603. The van der Waals surface area contributed by atoms with Gasteiger partial charge >= 0.3 is 0 Å². The summed E-state index contributed by atoms with van der Waals surface area (Å²) in [6.45, 7) is 16.6. The van der Waals surface area contributed by atoms with Gasteiger partial charge in [0.15, 0.2) is 6.29 Å². The second-order valence-corrected chi connectivity index (χ2v) is 17.5. The summed E-state index contributed by atoms with van der Waals surface area (Å²) in [4.78, 5) is 0. The van der Waals surface area contributed by atoms with E-state index in [9.17, 15) is 35.7 Å². The van der Waals surface area contributed by atoms with E-state index in [0.717, 1.165) is 25.7 Å². The molecule has 0 aromatic heterocycles. The third-order valence-electron chi connectivity index (χ3n) is 14.4. The second kappa shape index (κ2) is 12.1. The molecule has 45 heavy (non-hydrogen) atoms. The molecule has 5 rings (SSSR count). The molecule has 9 heteroatoms. The number of fused-ring (bicyclic) bond motifs is 5. The van der Waals surface area contributed by atoms with Crippen LogP contribution in [0.15, 0.2) is 11.6 Å². The molecule has 5 aliphatic rings. The minimum atomic E-state index is -1.54. The van der Waals surface area contributed by atoms with Crippen molar-refractivity contribution in [2.24, 2.45) is 45.3 Å². The lowest BCUT2D eigenvalue weighted by Gasteiger charge is -2.72. The van der Waals surface area contributed by atoms with Gasteiger partial charge in [-0.2, -0.15) is 0 Å². The molecule has 7 N–H and O–H groups in total. The van der Waals surface area contributed by atoms with Gasteiger partial charge in [0.05, 0.1) is 30.5 Å². The van der Waals surface area contributed by atoms with Crippen LogP contribution in [0.1, 0.15) is 107 Å². The molecule has 0 spiro atoms. The van der Waals surface area contributed by atoms with Crippen LogP contribution in [0.2, 0.25) is 0 Å². The van der Waals surface area contributed by atoms with E-state index in [1.54, 1.807) is 0 Å². The number of ether oxygens (including phenoxy) is 2. The Morgan fingerprint density at radius 1 is 0.933 bits per heavy atom. The Bertz CT molecular complexity index is 1100. The summed E-state index contributed by atoms with van der Waals surface area (Å²) in [7, 11) is 0. The van der Waals surface area contributed by atoms with E-state index < -0.39 is 66.6 Å². The average Bonchev–Trinajstić information content (AvgIpc) is 3.33. The Kier molecular flexibility index (Phi) is 9.56. The molecule has 260 valence electrons. The molecule has 0 amide bonds. The third kappa shape index (κ3) is 5.48. The fourth-order valence-corrected chi connectivity index (χ4v) is 11.9. The fourth-order valence-electron chi connectivity index (χ4n) is 11.9. The lowest BCUT2D eigenvalue weighted by atomic mass is 9.34. The van der Waals surface area contributed by atoms with Gasteiger partial charge in [0, 0.05) is 0 Å². The van der Waals surface area contributed by atoms with Gasteiger partial charge < -0.3 is 45.2 Å². The van der Waals surface area contributed by atoms with Gasteiger partial charge in [0.25, 0.3) is 0 Å². The van der Waals surface area contributed by atoms with Crippen LogP contribution in [0.3, 0.4) is 0 Å². The average molecular weight is 639 g/mol. The Balaban J connectivity index is 1.54. The fraction of sp³-hybridized carbons (Fsp3) is 0.944. The van der Waals surface area contributed by atoms with Gasteiger partial charge in [0.1, 0.15) is 24.4 Å². The van der Waals surface area contributed by atoms with Crippen molar-refractivity contribution in [2.75, 3.05) is 6.61 Å². The highest BCUT2D eigenvalue weighted by atomic mass is 16.7. The molecule has 1 saturated heterocycles. The highest BCUT2D eigenvalue weighted by Crippen LogP contribution is 2.76. The van der Waals surface area contributed by atoms with Crippen LogP contribution < -0.4 is 0 Å². The number of aliphatic hydroxyl groups is 7. The van der Waals surface area contributed by atoms with E-state index in [2.05, 4.69) is 54.5 Å². The molecule has 9 nitrogen and oxygen atoms in total. The molecule has 5 fully saturated rings. The standard InChI is InChI=1S/C36H62O9/c1-19(2)10-9-13-36(8,43)20-11-15-34(6)26(20)21(38)16-24-33(5)14-12-25(39)32(3,4)30(33)22(17-35(24,34)7)44-31-29(42)28(41)27(40)23(18-37)45-31/h10,20-31,37-43H,9,11-18H2,1-8H3/t20-,21+,22+,23+,24+,25+,26-,27+,28-,29+,30+,31-,33+,34+,35+,36-/m0/s1. The van der Waals surface area contributed by atoms with Crippen LogP contribution in [-0.2, 0) is 9.47 Å². The number of allylic oxidation sites excluding steroid dienone is 2. The van der Waals surface area contributed by atoms with E-state index in [1.165, 1.54) is 5.57 Å². The Morgan fingerprint density at radius 2 is 1.60 bits per heavy atom. The van der Waals surface area contributed by atoms with Crippen LogP contribution >= 0.6 is 0 Å². The predicted octanol–water partition coefficient (Wildman–Crippen LogP) is 3.30. The summed E-state index contributed by atoms with van der Waals surface area (Å²) in [5, 5.41) is 77.2. The van der Waals surface area contributed by atoms with Crippen molar-refractivity contribution in [3.63, 3.8) is 0 Å². The molecule has 16 atom stereocenters. The third-order valence-corrected chi connectivity index (χ3v) is 14.4. The van der Waals surface area contributed by atoms with Gasteiger partial charge in [0.2, 0.25) is 0 Å². The van der Waals surface area contributed by atoms with Gasteiger partial charge in [-0.3, -0.25) is 0 Å². The zero-order valence-electron chi connectivity index (χ0n) is 28.8. The normalized spacial score (nSPS) is 52.2. The van der Waals surface area contributed by atoms with E-state index in [-0.39, 0.29) is 39.9 Å². The predicted molar refractivity (Wildman–Crippen MR) is 170 cm³/mol. The highest BCUT2D eigenvalue weighted by molar-refractivity contribution is 5.22. The molecule has 0 unspecified atom stereocenters. The summed E-state index contributed by atoms with van der Waals surface area (Å²) < 4.78 is 12.6. The first-order chi connectivity index (χ1) is 20.8. The summed E-state index contributed by atoms with van der Waals surface area (Å²) in [5.74, 6) is -0.186. The Hall–Kier alpha value is -0.620. The molecule has 4 aliphatic carbocycles. The number of rotatable bonds is 7. The zero-order valence-corrected chi connectivity index (χ0v) is 28.8. The van der Waals surface area contributed by atoms with Crippen molar-refractivity contribution in [1.29, 1.82) is 0 Å². The monoisotopic (exact) mass is 638 g/mol. The summed E-state index contributed by atoms with van der Waals surface area (Å²) in [5.41, 5.74) is -1.21. The number of hydrogen-bond acceptors (Lipinski definition) is 9. The number of hydrogen-bond donors (Lipinski definition) is 7. The number of aliphatic hydroxyl groups excluding tert-OH is 6. The van der Waals surface area contributed by atoms with Crippen LogP contribution in [0.5, 0.6) is 0 Å². The van der Waals surface area contributed by atoms with E-state index >= 15 is 0 Å². The zero-order chi connectivity index (χ0) is 33.5. The largest absolute Gasteiger partial charge is 0.394 e. The van der Waals surface area contributed by atoms with Gasteiger partial charge in [-0.15, -0.1) is 0 Å². The second-order valence-electron chi connectivity index (χ2n) is 17.5. The quantitative estimate of drug-likeness (QED) is 0.164. The minimum Gasteiger partial charge on any atom is -0.394 e. The molecule has 0 aromatic carbocycles. The lowest BCUT2D eigenvalue weighted by molar-refractivity contribution is -0.346. The van der Waals surface area contributed by atoms with Crippen LogP contribution in [-0.4, -0.2) is 97.0 Å². The SMILES string of the molecule is CC(C)=CCC[C@](C)(O)[C@H]1CC[C@]2(C)[C@@H]1[C@H](O)C[C@@H]1[C@@]3(C)CC[C@@H](O)C(C)(C)[C@H]3[C@H](O[C@H]3O[C@H](CO)[C@@H](O)[C@H](O)[C@H]3O)C[C@]12C. The molecule has 0 aromatic rings. The molecular formula is C36H62O9. The minimum absolute atomic E-state index is 0.0548. The molecule has 0 bridgehead atoms. The maximum Gasteiger partial charge on any atom is 0.186 e. The molecule has 0 radical (unpaired) electrons. The molecular weight excluding hydrogens is 576 g/mol. The summed E-state index contributed by atoms with van der Waals surface area (Å²) in [6, 6.07) is 0. The van der Waals surface area contributed by atoms with Crippen molar-refractivity contribution >= 4 is 0 Å². The molecule has 1 heterocycles. The van der Waals surface area contributed by atoms with Crippen molar-refractivity contribution < 1.29 is 45.2 Å². The van der Waals surface area contributed by atoms with Crippen LogP contribution in [0.25, 0.3) is 0 Å². The van der Waals surface area contributed by atoms with Gasteiger partial charge in [-0.25, -0.2) is 0 Å². The smallest absolute Gasteiger partial charge is 0.186 e. The highest BCUT2D eigenvalue weighted by Gasteiger charge is 2.73. The lowest BCUT2D eigenvalue weighted by Crippen LogP contribution is -2.71. The van der Waals surface area contributed by atoms with Crippen molar-refractivity contribution in [3.05, 3.63) is 11.6 Å². The van der Waals surface area contributed by atoms with Crippen molar-refractivity contribution in [2.45, 2.75) is 161 Å². The van der Waals surface area contributed by atoms with Crippen LogP contribution in [0.4, 0.5) is 0 Å². The van der Waals surface area contributed by atoms with Crippen molar-refractivity contribution in [3.8, 4) is 0 Å². The first-order valence-corrected chi connectivity index (χ1v) is 17.4. The topological polar surface area (TPSA) is 160 Å². The molecule has 1 aliphatic heterocycles. The van der Waals surface area contributed by atoms with Gasteiger partial charge in [-0.05, 0) is 117 Å². The van der Waals surface area contributed by atoms with E-state index in [0.29, 0.717) is 25.7 Å². The molecule has 4 saturated carbocycles. The summed E-state index contributed by atoms with van der Waals surface area (Å²) >= 11 is 0. The maximum absolute atomic E-state index is 12.1.